The summed E-state index contributed by atoms with van der Waals surface area (Å²) < 4.78 is 0. The molecule has 0 amide bonds. The Kier molecular flexibility index (Phi) is 4.95. The maximum Gasteiger partial charge on any atom is 0.115 e. The molecule has 0 saturated carbocycles. The summed E-state index contributed by atoms with van der Waals surface area (Å²) in [5.74, 6) is 17.2. The van der Waals surface area contributed by atoms with Gasteiger partial charge in [-0.2, -0.15) is 0 Å². The minimum atomic E-state index is 0.575. The first-order valence-electron chi connectivity index (χ1n) is 7.28. The minimum absolute atomic E-state index is 0.575. The topological polar surface area (TPSA) is 25.8 Å². The average Bonchev–Trinajstić information content (AvgIpc) is 3.13. The molecule has 0 aliphatic heterocycles. The van der Waals surface area contributed by atoms with E-state index in [4.69, 9.17) is 12.8 Å². The van der Waals surface area contributed by atoms with Crippen LogP contribution < -0.4 is 0 Å². The molecule has 0 radical (unpaired) electrons. The summed E-state index contributed by atoms with van der Waals surface area (Å²) in [5, 5.41) is 0. The monoisotopic (exact) mass is 334 g/mol. The van der Waals surface area contributed by atoms with Gasteiger partial charge >= 0.3 is 0 Å². The highest BCUT2D eigenvalue weighted by atomic mass is 32.1. The first-order valence-corrected chi connectivity index (χ1v) is 8.10. The molecule has 0 atom stereocenters. The normalized spacial score (nSPS) is 8.88. The maximum atomic E-state index is 5.34. The average molecular weight is 334 g/mol. The molecule has 2 nitrogen and oxygen atoms in total. The molecular weight excluding hydrogens is 324 g/mol. The molecule has 114 valence electrons. The second-order valence-electron chi connectivity index (χ2n) is 4.77. The van der Waals surface area contributed by atoms with E-state index in [1.54, 1.807) is 12.1 Å². The van der Waals surface area contributed by atoms with E-state index in [0.717, 1.165) is 9.75 Å². The molecule has 0 spiro atoms. The molecule has 0 fully saturated rings. The van der Waals surface area contributed by atoms with E-state index < -0.39 is 0 Å². The first kappa shape index (κ1) is 16.1. The lowest BCUT2D eigenvalue weighted by Gasteiger charge is -1.90. The zero-order chi connectivity index (χ0) is 17.5. The predicted molar refractivity (Wildman–Crippen MR) is 101 cm³/mol. The third kappa shape index (κ3) is 4.37. The number of aromatic nitrogens is 2. The molecule has 25 heavy (non-hydrogen) atoms. The Hall–Kier alpha value is -3.76. The Morgan fingerprint density at radius 1 is 0.600 bits per heavy atom. The second-order valence-corrected chi connectivity index (χ2v) is 5.85. The molecule has 0 aliphatic carbocycles. The second kappa shape index (κ2) is 7.68. The zero-order valence-corrected chi connectivity index (χ0v) is 13.9. The molecule has 0 N–H and O–H groups in total. The molecule has 3 heteroatoms. The Labute approximate surface area is 151 Å². The quantitative estimate of drug-likeness (QED) is 0.590. The lowest BCUT2D eigenvalue weighted by molar-refractivity contribution is 1.25. The van der Waals surface area contributed by atoms with Crippen molar-refractivity contribution >= 4 is 11.3 Å². The van der Waals surface area contributed by atoms with Crippen LogP contribution in [-0.2, 0) is 0 Å². The Morgan fingerprint density at radius 3 is 1.48 bits per heavy atom. The third-order valence-corrected chi connectivity index (χ3v) is 3.94. The largest absolute Gasteiger partial charge is 0.231 e. The summed E-state index contributed by atoms with van der Waals surface area (Å²) in [6.07, 6.45) is 10.7. The van der Waals surface area contributed by atoms with Crippen molar-refractivity contribution < 1.29 is 0 Å². The van der Waals surface area contributed by atoms with E-state index in [2.05, 4.69) is 45.5 Å². The van der Waals surface area contributed by atoms with Gasteiger partial charge in [0.25, 0.3) is 0 Å². The summed E-state index contributed by atoms with van der Waals surface area (Å²) in [6, 6.07) is 14.7. The van der Waals surface area contributed by atoms with Crippen molar-refractivity contribution in [1.82, 2.24) is 9.97 Å². The molecule has 0 aliphatic rings. The summed E-state index contributed by atoms with van der Waals surface area (Å²) in [6.45, 7) is 0. The van der Waals surface area contributed by atoms with Gasteiger partial charge in [-0.05, 0) is 60.1 Å². The maximum absolute atomic E-state index is 5.34. The molecule has 0 aromatic carbocycles. The lowest BCUT2D eigenvalue weighted by atomic mass is 10.3. The number of rotatable bonds is 0. The standard InChI is InChI=1S/C22H10N2S/c1-3-17-7-5-9-19(23-17)11-13-21-15-16-22(25-21)14-12-20-10-6-8-18(4-2)24-20/h1-2,5-10,15-16H. The Bertz CT molecular complexity index is 1040. The number of hydrogen-bond donors (Lipinski definition) is 0. The third-order valence-electron chi connectivity index (χ3n) is 3.03. The number of nitrogens with zero attached hydrogens (tertiary/aromatic N) is 2. The molecular formula is C22H10N2S. The van der Waals surface area contributed by atoms with Crippen LogP contribution in [0.3, 0.4) is 0 Å². The van der Waals surface area contributed by atoms with Crippen molar-refractivity contribution in [2.24, 2.45) is 0 Å². The van der Waals surface area contributed by atoms with Gasteiger partial charge in [-0.25, -0.2) is 9.97 Å². The Balaban J connectivity index is 1.78. The zero-order valence-electron chi connectivity index (χ0n) is 13.1. The van der Waals surface area contributed by atoms with E-state index in [9.17, 15) is 0 Å². The highest BCUT2D eigenvalue weighted by Gasteiger charge is 1.96. The van der Waals surface area contributed by atoms with Gasteiger partial charge in [-0.15, -0.1) is 24.2 Å². The first-order chi connectivity index (χ1) is 12.3. The van der Waals surface area contributed by atoms with Gasteiger partial charge < -0.3 is 0 Å². The summed E-state index contributed by atoms with van der Waals surface area (Å²) in [5.41, 5.74) is 2.44. The van der Waals surface area contributed by atoms with E-state index in [0.29, 0.717) is 22.8 Å². The van der Waals surface area contributed by atoms with Crippen LogP contribution in [0.5, 0.6) is 0 Å². The van der Waals surface area contributed by atoms with E-state index in [1.807, 2.05) is 36.4 Å². The van der Waals surface area contributed by atoms with Crippen molar-refractivity contribution in [1.29, 1.82) is 0 Å². The number of thiophene rings is 1. The van der Waals surface area contributed by atoms with Crippen molar-refractivity contribution in [3.8, 4) is 48.4 Å². The van der Waals surface area contributed by atoms with Crippen molar-refractivity contribution in [2.45, 2.75) is 0 Å². The summed E-state index contributed by atoms with van der Waals surface area (Å²) >= 11 is 1.51. The molecule has 0 saturated heterocycles. The van der Waals surface area contributed by atoms with E-state index >= 15 is 0 Å². The van der Waals surface area contributed by atoms with Gasteiger partial charge in [0.1, 0.15) is 22.8 Å². The highest BCUT2D eigenvalue weighted by Crippen LogP contribution is 2.14. The van der Waals surface area contributed by atoms with Crippen LogP contribution in [0.15, 0.2) is 48.5 Å². The minimum Gasteiger partial charge on any atom is -0.231 e. The van der Waals surface area contributed by atoms with Gasteiger partial charge in [-0.3, -0.25) is 0 Å². The molecule has 0 unspecified atom stereocenters. The summed E-state index contributed by atoms with van der Waals surface area (Å²) in [4.78, 5) is 10.3. The van der Waals surface area contributed by atoms with E-state index in [-0.39, 0.29) is 0 Å². The van der Waals surface area contributed by atoms with E-state index in [1.165, 1.54) is 11.3 Å². The van der Waals surface area contributed by atoms with Crippen molar-refractivity contribution in [3.63, 3.8) is 0 Å². The number of hydrogen-bond acceptors (Lipinski definition) is 3. The molecule has 3 aromatic rings. The fourth-order valence-corrected chi connectivity index (χ4v) is 2.61. The van der Waals surface area contributed by atoms with Gasteiger partial charge in [0, 0.05) is 0 Å². The smallest absolute Gasteiger partial charge is 0.115 e. The fraction of sp³-hybridized carbons (Fsp3) is 0. The summed E-state index contributed by atoms with van der Waals surface area (Å²) in [7, 11) is 0. The SMILES string of the molecule is C#Cc1cccc(C#Cc2ccc(C#Cc3cccc(C#C)n3)s2)n1. The fourth-order valence-electron chi connectivity index (χ4n) is 1.89. The highest BCUT2D eigenvalue weighted by molar-refractivity contribution is 7.13. The van der Waals surface area contributed by atoms with Crippen LogP contribution in [0.25, 0.3) is 0 Å². The van der Waals surface area contributed by atoms with Gasteiger partial charge in [0.05, 0.1) is 9.75 Å². The number of pyridine rings is 2. The predicted octanol–water partition coefficient (Wildman–Crippen LogP) is 3.30. The van der Waals surface area contributed by atoms with Crippen LogP contribution in [0.1, 0.15) is 32.5 Å². The van der Waals surface area contributed by atoms with Gasteiger partial charge in [0.2, 0.25) is 0 Å². The molecule has 3 heterocycles. The van der Waals surface area contributed by atoms with Crippen molar-refractivity contribution in [2.75, 3.05) is 0 Å². The lowest BCUT2D eigenvalue weighted by Crippen LogP contribution is -1.85. The van der Waals surface area contributed by atoms with Crippen molar-refractivity contribution in [3.05, 3.63) is 81.1 Å². The van der Waals surface area contributed by atoms with Gasteiger partial charge in [0.15, 0.2) is 0 Å². The van der Waals surface area contributed by atoms with Crippen LogP contribution >= 0.6 is 11.3 Å². The molecule has 3 rings (SSSR count). The molecule has 0 bridgehead atoms. The number of terminal acetylenes is 2. The molecule has 3 aromatic heterocycles. The van der Waals surface area contributed by atoms with Crippen LogP contribution in [0, 0.1) is 48.4 Å². The van der Waals surface area contributed by atoms with Crippen LogP contribution in [-0.4, -0.2) is 9.97 Å². The van der Waals surface area contributed by atoms with Crippen LogP contribution in [0.4, 0.5) is 0 Å². The Morgan fingerprint density at radius 2 is 1.04 bits per heavy atom. The van der Waals surface area contributed by atoms with Crippen LogP contribution in [0.2, 0.25) is 0 Å². The van der Waals surface area contributed by atoms with Gasteiger partial charge in [-0.1, -0.05) is 24.0 Å².